The van der Waals surface area contributed by atoms with Crippen LogP contribution >= 0.6 is 11.6 Å². The Hall–Kier alpha value is -4.12. The lowest BCUT2D eigenvalue weighted by molar-refractivity contribution is -0.859. The average molecular weight is 582 g/mol. The van der Waals surface area contributed by atoms with E-state index in [0.717, 1.165) is 12.0 Å². The predicted molar refractivity (Wildman–Crippen MR) is 157 cm³/mol. The number of likely N-dealkylation sites (N-methyl/N-ethyl adjacent to an activating group) is 1. The Morgan fingerprint density at radius 1 is 1.02 bits per heavy atom. The minimum Gasteiger partial charge on any atom is -0.495 e. The summed E-state index contributed by atoms with van der Waals surface area (Å²) in [7, 11) is 5.50. The van der Waals surface area contributed by atoms with Crippen LogP contribution in [-0.2, 0) is 11.2 Å². The molecule has 3 aromatic carbocycles. The van der Waals surface area contributed by atoms with Crippen molar-refractivity contribution in [2.24, 2.45) is 0 Å². The monoisotopic (exact) mass is 581 g/mol. The summed E-state index contributed by atoms with van der Waals surface area (Å²) < 4.78 is 11.7. The van der Waals surface area contributed by atoms with Gasteiger partial charge in [0.1, 0.15) is 18.0 Å². The van der Waals surface area contributed by atoms with Gasteiger partial charge >= 0.3 is 17.9 Å². The number of carbonyl (C=O) groups excluding carboxylic acids is 2. The molecule has 1 saturated heterocycles. The molecule has 11 heteroatoms. The Labute approximate surface area is 244 Å². The number of likely N-dealkylation sites (tertiary alicyclic amines) is 1. The highest BCUT2D eigenvalue weighted by molar-refractivity contribution is 6.33. The van der Waals surface area contributed by atoms with Gasteiger partial charge in [-0.1, -0.05) is 29.8 Å². The van der Waals surface area contributed by atoms with Crippen molar-refractivity contribution in [2.45, 2.75) is 18.9 Å². The minimum absolute atomic E-state index is 0.00395. The first-order chi connectivity index (χ1) is 19.6. The standard InChI is InChI=1S/C30H33ClN4O6/c1-34(2)22-14-15-35(18-22,19-41-23-11-9-21(10-12-23)29(37)38)28(36)17-20-8-13-26(27(16-20)40-3)33-30(39)32-25-7-5-4-6-24(25)31/h4-13,16,22H,14-15,17-19H2,1-3H3,(H2-,32,33,37,38,39)/p+1. The molecule has 41 heavy (non-hydrogen) atoms. The molecule has 2 atom stereocenters. The molecule has 0 aliphatic carbocycles. The highest BCUT2D eigenvalue weighted by Gasteiger charge is 2.45. The average Bonchev–Trinajstić information content (AvgIpc) is 3.40. The molecular weight excluding hydrogens is 548 g/mol. The lowest BCUT2D eigenvalue weighted by Gasteiger charge is -2.32. The number of carbonyl (C=O) groups is 3. The smallest absolute Gasteiger partial charge is 0.335 e. The van der Waals surface area contributed by atoms with E-state index in [0.29, 0.717) is 41.0 Å². The van der Waals surface area contributed by atoms with Gasteiger partial charge in [-0.3, -0.25) is 0 Å². The van der Waals surface area contributed by atoms with Gasteiger partial charge in [-0.05, 0) is 68.2 Å². The fourth-order valence-electron chi connectivity index (χ4n) is 4.84. The number of nitrogens with zero attached hydrogens (tertiary/aromatic N) is 2. The van der Waals surface area contributed by atoms with E-state index in [-0.39, 0.29) is 35.1 Å². The van der Waals surface area contributed by atoms with Crippen molar-refractivity contribution < 1.29 is 33.4 Å². The molecule has 3 N–H and O–H groups in total. The number of ether oxygens (including phenoxy) is 2. The van der Waals surface area contributed by atoms with E-state index in [4.69, 9.17) is 26.2 Å². The molecule has 10 nitrogen and oxygen atoms in total. The number of quaternary nitrogens is 1. The van der Waals surface area contributed by atoms with Crippen molar-refractivity contribution in [3.63, 3.8) is 0 Å². The third-order valence-electron chi connectivity index (χ3n) is 7.28. The molecule has 0 spiro atoms. The van der Waals surface area contributed by atoms with Gasteiger partial charge in [-0.2, -0.15) is 0 Å². The first-order valence-corrected chi connectivity index (χ1v) is 13.5. The molecular formula is C30H34ClN4O6+. The SMILES string of the molecule is COc1cc(CC(=O)[N+]2(COc3ccc(C(=O)O)cc3)CCC(N(C)C)C2)ccc1NC(=O)Nc1ccccc1Cl. The Kier molecular flexibility index (Phi) is 9.49. The molecule has 2 unspecified atom stereocenters. The highest BCUT2D eigenvalue weighted by Crippen LogP contribution is 2.30. The summed E-state index contributed by atoms with van der Waals surface area (Å²) in [6.07, 6.45) is 0.983. The maximum Gasteiger partial charge on any atom is 0.335 e. The van der Waals surface area contributed by atoms with Gasteiger partial charge in [0.25, 0.3) is 0 Å². The van der Waals surface area contributed by atoms with Crippen LogP contribution < -0.4 is 20.1 Å². The van der Waals surface area contributed by atoms with Crippen LogP contribution in [0.5, 0.6) is 11.5 Å². The number of anilines is 2. The highest BCUT2D eigenvalue weighted by atomic mass is 35.5. The molecule has 0 saturated carbocycles. The molecule has 1 fully saturated rings. The molecule has 1 aliphatic heterocycles. The molecule has 3 aromatic rings. The number of halogens is 1. The largest absolute Gasteiger partial charge is 0.495 e. The molecule has 1 aliphatic rings. The summed E-state index contributed by atoms with van der Waals surface area (Å²) in [6, 6.07) is 18.0. The number of carboxylic acids is 1. The van der Waals surface area contributed by atoms with Crippen molar-refractivity contribution in [2.75, 3.05) is 51.7 Å². The number of hydrogen-bond acceptors (Lipinski definition) is 6. The summed E-state index contributed by atoms with van der Waals surface area (Å²) in [5.74, 6) is -0.100. The summed E-state index contributed by atoms with van der Waals surface area (Å²) in [4.78, 5) is 39.7. The number of amides is 3. The van der Waals surface area contributed by atoms with Crippen LogP contribution in [0.3, 0.4) is 0 Å². The molecule has 0 bridgehead atoms. The molecule has 3 amide bonds. The van der Waals surface area contributed by atoms with Gasteiger partial charge in [0.15, 0.2) is 0 Å². The first-order valence-electron chi connectivity index (χ1n) is 13.1. The number of benzene rings is 3. The lowest BCUT2D eigenvalue weighted by Crippen LogP contribution is -2.55. The Morgan fingerprint density at radius 3 is 2.37 bits per heavy atom. The molecule has 216 valence electrons. The maximum absolute atomic E-state index is 13.8. The van der Waals surface area contributed by atoms with Crippen LogP contribution in [0.1, 0.15) is 22.3 Å². The number of urea groups is 1. The van der Waals surface area contributed by atoms with E-state index in [1.165, 1.54) is 19.2 Å². The minimum atomic E-state index is -1.01. The summed E-state index contributed by atoms with van der Waals surface area (Å²) >= 11 is 6.13. The maximum atomic E-state index is 13.8. The summed E-state index contributed by atoms with van der Waals surface area (Å²) in [5, 5.41) is 15.0. The number of carboxylic acid groups (broad SMARTS) is 1. The van der Waals surface area contributed by atoms with Crippen LogP contribution in [-0.4, -0.2) is 79.5 Å². The third kappa shape index (κ3) is 7.35. The second-order valence-corrected chi connectivity index (χ2v) is 10.6. The fourth-order valence-corrected chi connectivity index (χ4v) is 5.02. The Balaban J connectivity index is 1.47. The van der Waals surface area contributed by atoms with Crippen molar-refractivity contribution >= 4 is 40.9 Å². The van der Waals surface area contributed by atoms with Crippen LogP contribution in [0, 0.1) is 0 Å². The zero-order chi connectivity index (χ0) is 29.6. The number of hydrogen-bond donors (Lipinski definition) is 3. The van der Waals surface area contributed by atoms with E-state index < -0.39 is 12.0 Å². The van der Waals surface area contributed by atoms with Crippen molar-refractivity contribution in [1.82, 2.24) is 4.90 Å². The van der Waals surface area contributed by atoms with Crippen molar-refractivity contribution in [3.05, 3.63) is 82.9 Å². The van der Waals surface area contributed by atoms with Crippen LogP contribution in [0.25, 0.3) is 0 Å². The fraction of sp³-hybridized carbons (Fsp3) is 0.300. The molecule has 0 radical (unpaired) electrons. The van der Waals surface area contributed by atoms with Gasteiger partial charge in [0, 0.05) is 6.42 Å². The number of nitrogens with one attached hydrogen (secondary N) is 2. The Bertz CT molecular complexity index is 1410. The number of para-hydroxylation sites is 1. The van der Waals surface area contributed by atoms with E-state index in [1.807, 2.05) is 14.1 Å². The van der Waals surface area contributed by atoms with E-state index in [1.54, 1.807) is 54.6 Å². The van der Waals surface area contributed by atoms with Crippen LogP contribution in [0.15, 0.2) is 66.7 Å². The summed E-state index contributed by atoms with van der Waals surface area (Å²) in [6.45, 7) is 1.35. The third-order valence-corrected chi connectivity index (χ3v) is 7.61. The molecule has 4 rings (SSSR count). The van der Waals surface area contributed by atoms with Gasteiger partial charge < -0.3 is 30.1 Å². The van der Waals surface area contributed by atoms with E-state index >= 15 is 0 Å². The van der Waals surface area contributed by atoms with Gasteiger partial charge in [-0.15, -0.1) is 0 Å². The number of rotatable bonds is 10. The van der Waals surface area contributed by atoms with E-state index in [2.05, 4.69) is 15.5 Å². The first kappa shape index (κ1) is 29.9. The van der Waals surface area contributed by atoms with Crippen LogP contribution in [0.2, 0.25) is 5.02 Å². The second-order valence-electron chi connectivity index (χ2n) is 10.2. The Morgan fingerprint density at radius 2 is 1.73 bits per heavy atom. The van der Waals surface area contributed by atoms with Crippen LogP contribution in [0.4, 0.5) is 16.2 Å². The van der Waals surface area contributed by atoms with Crippen molar-refractivity contribution in [3.8, 4) is 11.5 Å². The topological polar surface area (TPSA) is 117 Å². The molecule has 1 heterocycles. The number of aromatic carboxylic acids is 1. The zero-order valence-electron chi connectivity index (χ0n) is 23.2. The van der Waals surface area contributed by atoms with Gasteiger partial charge in [-0.25, -0.2) is 18.9 Å². The quantitative estimate of drug-likeness (QED) is 0.290. The number of methoxy groups -OCH3 is 1. The van der Waals surface area contributed by atoms with E-state index in [9.17, 15) is 14.4 Å². The predicted octanol–water partition coefficient (Wildman–Crippen LogP) is 4.95. The zero-order valence-corrected chi connectivity index (χ0v) is 24.0. The van der Waals surface area contributed by atoms with Gasteiger partial charge in [0.2, 0.25) is 6.73 Å². The van der Waals surface area contributed by atoms with Crippen molar-refractivity contribution in [1.29, 1.82) is 0 Å². The normalized spacial score (nSPS) is 18.1. The molecule has 0 aromatic heterocycles. The summed E-state index contributed by atoms with van der Waals surface area (Å²) in [5.41, 5.74) is 1.82. The lowest BCUT2D eigenvalue weighted by atomic mass is 10.1. The van der Waals surface area contributed by atoms with Gasteiger partial charge in [0.05, 0.1) is 48.1 Å². The second kappa shape index (κ2) is 13.0.